The van der Waals surface area contributed by atoms with Crippen molar-refractivity contribution < 1.29 is 14.3 Å². The highest BCUT2D eigenvalue weighted by Crippen LogP contribution is 2.40. The van der Waals surface area contributed by atoms with E-state index in [1.54, 1.807) is 12.5 Å². The Morgan fingerprint density at radius 2 is 2.12 bits per heavy atom. The number of hydrogen-bond acceptors (Lipinski definition) is 4. The van der Waals surface area contributed by atoms with Crippen LogP contribution in [-0.4, -0.2) is 52.6 Å². The lowest BCUT2D eigenvalue weighted by atomic mass is 10.0. The molecule has 1 N–H and O–H groups in total. The Morgan fingerprint density at radius 3 is 2.84 bits per heavy atom. The van der Waals surface area contributed by atoms with Crippen molar-refractivity contribution in [3.05, 3.63) is 18.2 Å². The van der Waals surface area contributed by atoms with Gasteiger partial charge in [0, 0.05) is 31.9 Å². The number of imidazole rings is 1. The van der Waals surface area contributed by atoms with E-state index in [-0.39, 0.29) is 23.8 Å². The Morgan fingerprint density at radius 1 is 1.36 bits per heavy atom. The number of aromatic nitrogens is 2. The van der Waals surface area contributed by atoms with Crippen LogP contribution in [-0.2, 0) is 20.9 Å². The molecular weight excluding hydrogens is 320 g/mol. The smallest absolute Gasteiger partial charge is 0.244 e. The zero-order valence-electron chi connectivity index (χ0n) is 14.7. The Bertz CT molecular complexity index is 653. The van der Waals surface area contributed by atoms with E-state index in [1.165, 1.54) is 0 Å². The van der Waals surface area contributed by atoms with E-state index < -0.39 is 0 Å². The Kier molecular flexibility index (Phi) is 4.50. The number of carbonyl (C=O) groups excluding carboxylic acids is 2. The van der Waals surface area contributed by atoms with Crippen molar-refractivity contribution in [2.45, 2.75) is 38.8 Å². The molecule has 2 amide bonds. The van der Waals surface area contributed by atoms with Gasteiger partial charge in [-0.1, -0.05) is 6.92 Å². The van der Waals surface area contributed by atoms with Crippen LogP contribution in [0.1, 0.15) is 37.9 Å². The molecule has 1 saturated heterocycles. The summed E-state index contributed by atoms with van der Waals surface area (Å²) in [5, 5.41) is 3.08. The number of hydrogen-bond donors (Lipinski definition) is 1. The van der Waals surface area contributed by atoms with Gasteiger partial charge in [0.05, 0.1) is 25.1 Å². The van der Waals surface area contributed by atoms with Gasteiger partial charge in [0.2, 0.25) is 11.8 Å². The fourth-order valence-electron chi connectivity index (χ4n) is 3.88. The van der Waals surface area contributed by atoms with Gasteiger partial charge in [-0.05, 0) is 31.1 Å². The molecule has 2 fully saturated rings. The van der Waals surface area contributed by atoms with Gasteiger partial charge in [-0.25, -0.2) is 4.98 Å². The van der Waals surface area contributed by atoms with E-state index in [0.717, 1.165) is 38.2 Å². The van der Waals surface area contributed by atoms with E-state index in [0.29, 0.717) is 31.5 Å². The van der Waals surface area contributed by atoms with E-state index in [4.69, 9.17) is 4.74 Å². The van der Waals surface area contributed by atoms with Gasteiger partial charge in [-0.2, -0.15) is 0 Å². The van der Waals surface area contributed by atoms with Crippen LogP contribution in [0, 0.1) is 17.8 Å². The van der Waals surface area contributed by atoms with Crippen LogP contribution in [0.25, 0.3) is 0 Å². The minimum absolute atomic E-state index is 0.0212. The average molecular weight is 346 g/mol. The van der Waals surface area contributed by atoms with E-state index in [9.17, 15) is 9.59 Å². The van der Waals surface area contributed by atoms with Crippen molar-refractivity contribution in [3.8, 4) is 0 Å². The van der Waals surface area contributed by atoms with E-state index in [1.807, 2.05) is 9.47 Å². The number of amides is 2. The highest BCUT2D eigenvalue weighted by molar-refractivity contribution is 5.84. The largest absolute Gasteiger partial charge is 0.381 e. The summed E-state index contributed by atoms with van der Waals surface area (Å²) in [6.07, 6.45) is 6.41. The SMILES string of the molecule is CC1CC1C(=O)N1Cc2cncn2C(C(=O)NCC2CCOCC2)C1. The molecule has 1 aliphatic carbocycles. The average Bonchev–Trinajstić information content (AvgIpc) is 3.17. The first-order chi connectivity index (χ1) is 12.1. The van der Waals surface area contributed by atoms with Gasteiger partial charge in [-0.15, -0.1) is 0 Å². The minimum atomic E-state index is -0.385. The van der Waals surface area contributed by atoms with Crippen LogP contribution < -0.4 is 5.32 Å². The summed E-state index contributed by atoms with van der Waals surface area (Å²) in [5.41, 5.74) is 0.930. The zero-order valence-corrected chi connectivity index (χ0v) is 14.7. The zero-order chi connectivity index (χ0) is 17.4. The minimum Gasteiger partial charge on any atom is -0.381 e. The first kappa shape index (κ1) is 16.6. The number of ether oxygens (including phenoxy) is 1. The van der Waals surface area contributed by atoms with Crippen molar-refractivity contribution in [2.24, 2.45) is 17.8 Å². The first-order valence-corrected chi connectivity index (χ1v) is 9.28. The maximum absolute atomic E-state index is 12.8. The second-order valence-corrected chi connectivity index (χ2v) is 7.65. The van der Waals surface area contributed by atoms with Crippen molar-refractivity contribution in [2.75, 3.05) is 26.3 Å². The summed E-state index contributed by atoms with van der Waals surface area (Å²) in [5.74, 6) is 1.25. The van der Waals surface area contributed by atoms with Gasteiger partial charge in [0.1, 0.15) is 6.04 Å². The van der Waals surface area contributed by atoms with Crippen molar-refractivity contribution in [1.82, 2.24) is 19.8 Å². The molecule has 4 rings (SSSR count). The predicted octanol–water partition coefficient (Wildman–Crippen LogP) is 0.965. The normalized spacial score (nSPS) is 29.2. The molecule has 0 radical (unpaired) electrons. The van der Waals surface area contributed by atoms with E-state index in [2.05, 4.69) is 17.2 Å². The van der Waals surface area contributed by atoms with Crippen LogP contribution in [0.5, 0.6) is 0 Å². The van der Waals surface area contributed by atoms with Crippen LogP contribution in [0.3, 0.4) is 0 Å². The second kappa shape index (κ2) is 6.78. The summed E-state index contributed by atoms with van der Waals surface area (Å²) < 4.78 is 7.28. The molecule has 3 aliphatic rings. The van der Waals surface area contributed by atoms with Gasteiger partial charge in [-0.3, -0.25) is 9.59 Å². The van der Waals surface area contributed by atoms with Crippen LogP contribution in [0.2, 0.25) is 0 Å². The fourth-order valence-corrected chi connectivity index (χ4v) is 3.88. The highest BCUT2D eigenvalue weighted by atomic mass is 16.5. The lowest BCUT2D eigenvalue weighted by Gasteiger charge is -2.34. The Hall–Kier alpha value is -1.89. The topological polar surface area (TPSA) is 76.5 Å². The number of nitrogens with zero attached hydrogens (tertiary/aromatic N) is 3. The Labute approximate surface area is 147 Å². The summed E-state index contributed by atoms with van der Waals surface area (Å²) in [4.78, 5) is 31.4. The quantitative estimate of drug-likeness (QED) is 0.881. The highest BCUT2D eigenvalue weighted by Gasteiger charge is 2.43. The molecule has 3 heterocycles. The molecule has 1 aromatic heterocycles. The third kappa shape index (κ3) is 3.42. The second-order valence-electron chi connectivity index (χ2n) is 7.65. The molecule has 1 aromatic rings. The van der Waals surface area contributed by atoms with Gasteiger partial charge in [0.15, 0.2) is 0 Å². The fraction of sp³-hybridized carbons (Fsp3) is 0.722. The molecule has 0 aromatic carbocycles. The molecule has 0 bridgehead atoms. The number of nitrogens with one attached hydrogen (secondary N) is 1. The predicted molar refractivity (Wildman–Crippen MR) is 90.5 cm³/mol. The lowest BCUT2D eigenvalue weighted by Crippen LogP contribution is -2.47. The van der Waals surface area contributed by atoms with Crippen molar-refractivity contribution in [1.29, 1.82) is 0 Å². The molecule has 3 atom stereocenters. The van der Waals surface area contributed by atoms with Crippen LogP contribution in [0.15, 0.2) is 12.5 Å². The molecule has 1 saturated carbocycles. The van der Waals surface area contributed by atoms with Gasteiger partial charge < -0.3 is 19.5 Å². The monoisotopic (exact) mass is 346 g/mol. The third-order valence-corrected chi connectivity index (χ3v) is 5.78. The number of rotatable bonds is 4. The number of fused-ring (bicyclic) bond motifs is 1. The molecule has 2 aliphatic heterocycles. The molecule has 7 heteroatoms. The lowest BCUT2D eigenvalue weighted by molar-refractivity contribution is -0.136. The molecule has 0 spiro atoms. The molecule has 7 nitrogen and oxygen atoms in total. The van der Waals surface area contributed by atoms with Crippen molar-refractivity contribution >= 4 is 11.8 Å². The van der Waals surface area contributed by atoms with Crippen LogP contribution >= 0.6 is 0 Å². The first-order valence-electron chi connectivity index (χ1n) is 9.28. The maximum atomic E-state index is 12.8. The van der Waals surface area contributed by atoms with Crippen LogP contribution in [0.4, 0.5) is 0 Å². The number of carbonyl (C=O) groups is 2. The molecule has 3 unspecified atom stereocenters. The summed E-state index contributed by atoms with van der Waals surface area (Å²) in [6.45, 7) is 5.32. The van der Waals surface area contributed by atoms with E-state index >= 15 is 0 Å². The Balaban J connectivity index is 1.42. The van der Waals surface area contributed by atoms with Crippen molar-refractivity contribution in [3.63, 3.8) is 0 Å². The summed E-state index contributed by atoms with van der Waals surface area (Å²) >= 11 is 0. The third-order valence-electron chi connectivity index (χ3n) is 5.78. The van der Waals surface area contributed by atoms with Gasteiger partial charge in [0.25, 0.3) is 0 Å². The maximum Gasteiger partial charge on any atom is 0.244 e. The molecular formula is C18H26N4O3. The summed E-state index contributed by atoms with van der Waals surface area (Å²) in [7, 11) is 0. The molecule has 136 valence electrons. The molecule has 25 heavy (non-hydrogen) atoms. The van der Waals surface area contributed by atoms with Gasteiger partial charge >= 0.3 is 0 Å². The summed E-state index contributed by atoms with van der Waals surface area (Å²) in [6, 6.07) is -0.385. The standard InChI is InChI=1S/C18H26N4O3/c1-12-6-15(12)18(24)21-9-14-8-19-11-22(14)16(10-21)17(23)20-7-13-2-4-25-5-3-13/h8,11-13,15-16H,2-7,9-10H2,1H3,(H,20,23).